The first-order valence-electron chi connectivity index (χ1n) is 9.17. The second-order valence-electron chi connectivity index (χ2n) is 6.43. The highest BCUT2D eigenvalue weighted by atomic mass is 35.5. The molecule has 1 aliphatic rings. The number of halogens is 1. The zero-order valence-corrected chi connectivity index (χ0v) is 16.4. The van der Waals surface area contributed by atoms with Gasteiger partial charge in [0.1, 0.15) is 12.5 Å². The lowest BCUT2D eigenvalue weighted by atomic mass is 9.80. The predicted octanol–water partition coefficient (Wildman–Crippen LogP) is 3.65. The van der Waals surface area contributed by atoms with Gasteiger partial charge in [0.25, 0.3) is 0 Å². The first kappa shape index (κ1) is 21.6. The summed E-state index contributed by atoms with van der Waals surface area (Å²) in [5.41, 5.74) is 2.36. The van der Waals surface area contributed by atoms with Gasteiger partial charge in [-0.1, -0.05) is 48.3 Å². The molecular formula is C20H24ClN3O4. The van der Waals surface area contributed by atoms with Crippen molar-refractivity contribution in [2.24, 2.45) is 11.1 Å². The Labute approximate surface area is 169 Å². The molecule has 1 aromatic carbocycles. The number of anilines is 1. The van der Waals surface area contributed by atoms with E-state index in [1.165, 1.54) is 5.54 Å². The molecule has 2 rings (SSSR count). The van der Waals surface area contributed by atoms with Crippen molar-refractivity contribution in [3.63, 3.8) is 0 Å². The highest BCUT2D eigenvalue weighted by Crippen LogP contribution is 2.22. The minimum atomic E-state index is -0.907. The van der Waals surface area contributed by atoms with E-state index in [4.69, 9.17) is 16.4 Å². The number of oxime groups is 1. The molecular weight excluding hydrogens is 382 g/mol. The Kier molecular flexibility index (Phi) is 8.68. The maximum atomic E-state index is 12.6. The van der Waals surface area contributed by atoms with Gasteiger partial charge in [-0.2, -0.15) is 0 Å². The minimum absolute atomic E-state index is 0.0724. The summed E-state index contributed by atoms with van der Waals surface area (Å²) in [5, 5.41) is 9.36. The molecule has 0 aliphatic heterocycles. The molecule has 1 fully saturated rings. The van der Waals surface area contributed by atoms with Gasteiger partial charge < -0.3 is 15.5 Å². The van der Waals surface area contributed by atoms with E-state index in [2.05, 4.69) is 15.8 Å². The standard InChI is InChI=1S/C20H24ClN3O4/c1-2-7-16(24-28-11-6-10-21)19-17(25)12-15(13-18(19)26)23-20(27)22-14-8-4-3-5-9-14/h3-6,8-10,15,19H,2,7,11-13H2,1H3,(H2,22,23,27)/b10-6+,24-16+. The molecule has 0 aromatic heterocycles. The van der Waals surface area contributed by atoms with E-state index in [-0.39, 0.29) is 31.0 Å². The van der Waals surface area contributed by atoms with Crippen LogP contribution < -0.4 is 10.6 Å². The number of ketones is 2. The number of urea groups is 1. The molecule has 1 saturated carbocycles. The van der Waals surface area contributed by atoms with Crippen molar-refractivity contribution >= 4 is 40.6 Å². The van der Waals surface area contributed by atoms with Gasteiger partial charge in [-0.15, -0.1) is 0 Å². The summed E-state index contributed by atoms with van der Waals surface area (Å²) in [6, 6.07) is 7.95. The van der Waals surface area contributed by atoms with E-state index in [1.807, 2.05) is 13.0 Å². The van der Waals surface area contributed by atoms with Gasteiger partial charge in [0.05, 0.1) is 5.71 Å². The van der Waals surface area contributed by atoms with E-state index in [1.54, 1.807) is 30.3 Å². The molecule has 28 heavy (non-hydrogen) atoms. The van der Waals surface area contributed by atoms with Gasteiger partial charge in [0.2, 0.25) is 0 Å². The number of rotatable bonds is 8. The molecule has 150 valence electrons. The van der Waals surface area contributed by atoms with Gasteiger partial charge in [-0.3, -0.25) is 9.59 Å². The number of benzene rings is 1. The summed E-state index contributed by atoms with van der Waals surface area (Å²) < 4.78 is 0. The summed E-state index contributed by atoms with van der Waals surface area (Å²) in [5.74, 6) is -1.43. The number of para-hydroxylation sites is 1. The van der Waals surface area contributed by atoms with Crippen molar-refractivity contribution in [3.05, 3.63) is 41.9 Å². The summed E-state index contributed by atoms with van der Waals surface area (Å²) >= 11 is 5.42. The highest BCUT2D eigenvalue weighted by Gasteiger charge is 2.39. The molecule has 2 N–H and O–H groups in total. The topological polar surface area (TPSA) is 96.9 Å². The number of hydrogen-bond donors (Lipinski definition) is 2. The van der Waals surface area contributed by atoms with Crippen molar-refractivity contribution in [2.75, 3.05) is 11.9 Å². The van der Waals surface area contributed by atoms with Gasteiger partial charge >= 0.3 is 6.03 Å². The zero-order chi connectivity index (χ0) is 20.4. The molecule has 0 radical (unpaired) electrons. The number of nitrogens with one attached hydrogen (secondary N) is 2. The van der Waals surface area contributed by atoms with Crippen LogP contribution in [0.1, 0.15) is 32.6 Å². The van der Waals surface area contributed by atoms with E-state index in [9.17, 15) is 14.4 Å². The summed E-state index contributed by atoms with van der Waals surface area (Å²) in [4.78, 5) is 42.4. The minimum Gasteiger partial charge on any atom is -0.392 e. The molecule has 0 unspecified atom stereocenters. The lowest BCUT2D eigenvalue weighted by Crippen LogP contribution is -2.48. The predicted molar refractivity (Wildman–Crippen MR) is 108 cm³/mol. The Bertz CT molecular complexity index is 731. The number of carbonyl (C=O) groups excluding carboxylic acids is 3. The Hall–Kier alpha value is -2.67. The van der Waals surface area contributed by atoms with Crippen LogP contribution in [0, 0.1) is 5.92 Å². The van der Waals surface area contributed by atoms with Crippen LogP contribution in [0.15, 0.2) is 47.1 Å². The normalized spacial score (nSPS) is 20.3. The zero-order valence-electron chi connectivity index (χ0n) is 15.7. The van der Waals surface area contributed by atoms with Crippen molar-refractivity contribution < 1.29 is 19.2 Å². The van der Waals surface area contributed by atoms with E-state index in [0.29, 0.717) is 17.8 Å². The Morgan fingerprint density at radius 2 is 1.93 bits per heavy atom. The molecule has 0 bridgehead atoms. The Morgan fingerprint density at radius 3 is 2.54 bits per heavy atom. The summed E-state index contributed by atoms with van der Waals surface area (Å²) in [6.45, 7) is 2.10. The number of carbonyl (C=O) groups is 3. The van der Waals surface area contributed by atoms with Crippen molar-refractivity contribution in [1.82, 2.24) is 5.32 Å². The SMILES string of the molecule is CCC/C(=N\OC/C=C/Cl)C1C(=O)CC(NC(=O)Nc2ccccc2)CC1=O. The fraction of sp³-hybridized carbons (Fsp3) is 0.400. The molecule has 8 heteroatoms. The first-order valence-corrected chi connectivity index (χ1v) is 9.60. The largest absolute Gasteiger partial charge is 0.392 e. The molecule has 0 saturated heterocycles. The molecule has 1 aliphatic carbocycles. The van der Waals surface area contributed by atoms with Crippen LogP contribution in [-0.2, 0) is 14.4 Å². The monoisotopic (exact) mass is 405 g/mol. The molecule has 0 heterocycles. The van der Waals surface area contributed by atoms with E-state index in [0.717, 1.165) is 6.42 Å². The lowest BCUT2D eigenvalue weighted by molar-refractivity contribution is -0.133. The lowest BCUT2D eigenvalue weighted by Gasteiger charge is -2.27. The van der Waals surface area contributed by atoms with Crippen LogP contribution in [-0.4, -0.2) is 36.0 Å². The maximum absolute atomic E-state index is 12.6. The van der Waals surface area contributed by atoms with Crippen molar-refractivity contribution in [1.29, 1.82) is 0 Å². The van der Waals surface area contributed by atoms with Crippen molar-refractivity contribution in [3.8, 4) is 0 Å². The quantitative estimate of drug-likeness (QED) is 0.298. The van der Waals surface area contributed by atoms with Crippen LogP contribution in [0.3, 0.4) is 0 Å². The molecule has 0 atom stereocenters. The van der Waals surface area contributed by atoms with Crippen LogP contribution in [0.2, 0.25) is 0 Å². The van der Waals surface area contributed by atoms with Gasteiger partial charge in [-0.05, 0) is 24.6 Å². The van der Waals surface area contributed by atoms with Crippen LogP contribution in [0.25, 0.3) is 0 Å². The molecule has 2 amide bonds. The number of hydrogen-bond acceptors (Lipinski definition) is 5. The fourth-order valence-corrected chi connectivity index (χ4v) is 3.09. The van der Waals surface area contributed by atoms with E-state index < -0.39 is 18.0 Å². The second-order valence-corrected chi connectivity index (χ2v) is 6.68. The van der Waals surface area contributed by atoms with Crippen LogP contribution in [0.4, 0.5) is 10.5 Å². The average Bonchev–Trinajstić information content (AvgIpc) is 2.65. The van der Waals surface area contributed by atoms with Gasteiger partial charge in [0, 0.05) is 30.1 Å². The van der Waals surface area contributed by atoms with Gasteiger partial charge in [0.15, 0.2) is 11.6 Å². The summed E-state index contributed by atoms with van der Waals surface area (Å²) in [6.07, 6.45) is 2.92. The average molecular weight is 406 g/mol. The van der Waals surface area contributed by atoms with Gasteiger partial charge in [-0.25, -0.2) is 4.79 Å². The molecule has 1 aromatic rings. The molecule has 7 nitrogen and oxygen atoms in total. The third-order valence-electron chi connectivity index (χ3n) is 4.19. The fourth-order valence-electron chi connectivity index (χ4n) is 3.02. The smallest absolute Gasteiger partial charge is 0.319 e. The maximum Gasteiger partial charge on any atom is 0.319 e. The first-order chi connectivity index (χ1) is 13.5. The van der Waals surface area contributed by atoms with E-state index >= 15 is 0 Å². The number of amides is 2. The third kappa shape index (κ3) is 6.49. The second kappa shape index (κ2) is 11.2. The summed E-state index contributed by atoms with van der Waals surface area (Å²) in [7, 11) is 0. The van der Waals surface area contributed by atoms with Crippen LogP contribution in [0.5, 0.6) is 0 Å². The number of nitrogens with zero attached hydrogens (tertiary/aromatic N) is 1. The third-order valence-corrected chi connectivity index (χ3v) is 4.37. The van der Waals surface area contributed by atoms with Crippen molar-refractivity contribution in [2.45, 2.75) is 38.6 Å². The van der Waals surface area contributed by atoms with Crippen LogP contribution >= 0.6 is 11.6 Å². The Morgan fingerprint density at radius 1 is 1.25 bits per heavy atom. The number of Topliss-reactive ketones (excluding diaryl/α,β-unsaturated/α-hetero) is 2. The Balaban J connectivity index is 1.97. The highest BCUT2D eigenvalue weighted by molar-refractivity contribution is 6.25. The molecule has 0 spiro atoms.